The zero-order chi connectivity index (χ0) is 14.7. The molecule has 0 fully saturated rings. The third-order valence-electron chi connectivity index (χ3n) is 2.93. The molecule has 0 unspecified atom stereocenters. The summed E-state index contributed by atoms with van der Waals surface area (Å²) in [6.07, 6.45) is 2.93. The molecule has 0 atom stereocenters. The van der Waals surface area contributed by atoms with Gasteiger partial charge in [-0.1, -0.05) is 12.1 Å². The largest absolute Gasteiger partial charge is 0.464 e. The van der Waals surface area contributed by atoms with Crippen LogP contribution in [0.1, 0.15) is 17.4 Å². The van der Waals surface area contributed by atoms with E-state index in [1.54, 1.807) is 13.2 Å². The smallest absolute Gasteiger partial charge is 0.360 e. The van der Waals surface area contributed by atoms with E-state index in [0.717, 1.165) is 16.9 Å². The molecular weight excluding hydrogens is 270 g/mol. The summed E-state index contributed by atoms with van der Waals surface area (Å²) in [6.45, 7) is 2.05. The third-order valence-corrected chi connectivity index (χ3v) is 2.93. The van der Waals surface area contributed by atoms with E-state index in [0.29, 0.717) is 12.5 Å². The highest BCUT2D eigenvalue weighted by Gasteiger charge is 2.14. The number of carbonyl (C=O) groups is 1. The van der Waals surface area contributed by atoms with E-state index in [2.05, 4.69) is 4.98 Å². The summed E-state index contributed by atoms with van der Waals surface area (Å²) in [7, 11) is 0. The molecule has 5 heteroatoms. The second-order valence-corrected chi connectivity index (χ2v) is 4.31. The van der Waals surface area contributed by atoms with E-state index in [-0.39, 0.29) is 5.69 Å². The van der Waals surface area contributed by atoms with E-state index >= 15 is 0 Å². The standard InChI is InChI=1S/C16H13NO4/c1-2-19-16(18)13-10-21-15(17-13)12-7-5-11(6-8-12)14-4-3-9-20-14/h3-10H,2H2,1H3. The molecule has 0 saturated heterocycles. The quantitative estimate of drug-likeness (QED) is 0.682. The first kappa shape index (κ1) is 13.2. The number of benzene rings is 1. The average Bonchev–Trinajstić information content (AvgIpc) is 3.19. The Hall–Kier alpha value is -2.82. The predicted molar refractivity (Wildman–Crippen MR) is 75.6 cm³/mol. The number of furan rings is 1. The first-order valence-electron chi connectivity index (χ1n) is 6.55. The van der Waals surface area contributed by atoms with Crippen molar-refractivity contribution in [2.75, 3.05) is 6.61 Å². The number of nitrogens with zero attached hydrogens (tertiary/aromatic N) is 1. The lowest BCUT2D eigenvalue weighted by molar-refractivity contribution is 0.0519. The molecule has 2 heterocycles. The van der Waals surface area contributed by atoms with Crippen LogP contribution in [0.25, 0.3) is 22.8 Å². The fourth-order valence-electron chi connectivity index (χ4n) is 1.93. The van der Waals surface area contributed by atoms with Crippen LogP contribution in [0.4, 0.5) is 0 Å². The molecule has 0 radical (unpaired) electrons. The van der Waals surface area contributed by atoms with Gasteiger partial charge >= 0.3 is 5.97 Å². The summed E-state index contributed by atoms with van der Waals surface area (Å²) >= 11 is 0. The second-order valence-electron chi connectivity index (χ2n) is 4.31. The van der Waals surface area contributed by atoms with Gasteiger partial charge < -0.3 is 13.6 Å². The highest BCUT2D eigenvalue weighted by molar-refractivity contribution is 5.87. The van der Waals surface area contributed by atoms with Crippen LogP contribution in [-0.2, 0) is 4.74 Å². The SMILES string of the molecule is CCOC(=O)c1coc(-c2ccc(-c3ccco3)cc2)n1. The maximum absolute atomic E-state index is 11.5. The Bertz CT molecular complexity index is 726. The Morgan fingerprint density at radius 2 is 1.90 bits per heavy atom. The molecule has 0 aliphatic carbocycles. The van der Waals surface area contributed by atoms with Crippen LogP contribution in [0.2, 0.25) is 0 Å². The number of carbonyl (C=O) groups excluding carboxylic acids is 1. The van der Waals surface area contributed by atoms with Gasteiger partial charge in [-0.3, -0.25) is 0 Å². The first-order valence-corrected chi connectivity index (χ1v) is 6.55. The number of ether oxygens (including phenoxy) is 1. The zero-order valence-electron chi connectivity index (χ0n) is 11.4. The molecular formula is C16H13NO4. The van der Waals surface area contributed by atoms with Gasteiger partial charge in [0.15, 0.2) is 5.69 Å². The molecule has 2 aromatic heterocycles. The zero-order valence-corrected chi connectivity index (χ0v) is 11.4. The van der Waals surface area contributed by atoms with Crippen LogP contribution in [-0.4, -0.2) is 17.6 Å². The van der Waals surface area contributed by atoms with Gasteiger partial charge in [-0.15, -0.1) is 0 Å². The minimum atomic E-state index is -0.486. The van der Waals surface area contributed by atoms with Gasteiger partial charge in [-0.2, -0.15) is 0 Å². The lowest BCUT2D eigenvalue weighted by Gasteiger charge is -1.99. The highest BCUT2D eigenvalue weighted by atomic mass is 16.5. The van der Waals surface area contributed by atoms with Gasteiger partial charge in [0.1, 0.15) is 12.0 Å². The molecule has 106 valence electrons. The van der Waals surface area contributed by atoms with Crippen LogP contribution < -0.4 is 0 Å². The van der Waals surface area contributed by atoms with Gasteiger partial charge in [0, 0.05) is 11.1 Å². The topological polar surface area (TPSA) is 65.5 Å². The molecule has 0 N–H and O–H groups in total. The second kappa shape index (κ2) is 5.66. The van der Waals surface area contributed by atoms with E-state index < -0.39 is 5.97 Å². The van der Waals surface area contributed by atoms with Crippen molar-refractivity contribution in [1.82, 2.24) is 4.98 Å². The van der Waals surface area contributed by atoms with Crippen LogP contribution in [0, 0.1) is 0 Å². The average molecular weight is 283 g/mol. The first-order chi connectivity index (χ1) is 10.3. The van der Waals surface area contributed by atoms with Crippen molar-refractivity contribution in [2.24, 2.45) is 0 Å². The molecule has 0 saturated carbocycles. The summed E-state index contributed by atoms with van der Waals surface area (Å²) in [5.41, 5.74) is 1.91. The number of aromatic nitrogens is 1. The third kappa shape index (κ3) is 2.72. The van der Waals surface area contributed by atoms with Crippen molar-refractivity contribution in [1.29, 1.82) is 0 Å². The minimum absolute atomic E-state index is 0.168. The Kier molecular flexibility index (Phi) is 3.55. The molecule has 0 amide bonds. The Morgan fingerprint density at radius 3 is 2.57 bits per heavy atom. The minimum Gasteiger partial charge on any atom is -0.464 e. The van der Waals surface area contributed by atoms with Crippen molar-refractivity contribution in [3.05, 3.63) is 54.6 Å². The van der Waals surface area contributed by atoms with E-state index in [1.165, 1.54) is 6.26 Å². The molecule has 21 heavy (non-hydrogen) atoms. The Balaban J connectivity index is 1.83. The number of esters is 1. The van der Waals surface area contributed by atoms with Crippen LogP contribution in [0.3, 0.4) is 0 Å². The molecule has 0 spiro atoms. The number of rotatable bonds is 4. The summed E-state index contributed by atoms with van der Waals surface area (Å²) in [6, 6.07) is 11.3. The highest BCUT2D eigenvalue weighted by Crippen LogP contribution is 2.24. The van der Waals surface area contributed by atoms with Crippen molar-refractivity contribution in [2.45, 2.75) is 6.92 Å². The summed E-state index contributed by atoms with van der Waals surface area (Å²) in [5.74, 6) is 0.685. The molecule has 3 aromatic rings. The Labute approximate surface area is 121 Å². The fraction of sp³-hybridized carbons (Fsp3) is 0.125. The lowest BCUT2D eigenvalue weighted by Crippen LogP contribution is -2.04. The maximum Gasteiger partial charge on any atom is 0.360 e. The monoisotopic (exact) mass is 283 g/mol. The molecule has 0 aliphatic rings. The van der Waals surface area contributed by atoms with Crippen molar-refractivity contribution in [3.8, 4) is 22.8 Å². The Morgan fingerprint density at radius 1 is 1.14 bits per heavy atom. The summed E-state index contributed by atoms with van der Waals surface area (Å²) < 4.78 is 15.5. The fourth-order valence-corrected chi connectivity index (χ4v) is 1.93. The van der Waals surface area contributed by atoms with Crippen LogP contribution >= 0.6 is 0 Å². The molecule has 0 bridgehead atoms. The van der Waals surface area contributed by atoms with E-state index in [4.69, 9.17) is 13.6 Å². The number of oxazole rings is 1. The lowest BCUT2D eigenvalue weighted by atomic mass is 10.1. The van der Waals surface area contributed by atoms with Gasteiger partial charge in [0.2, 0.25) is 5.89 Å². The van der Waals surface area contributed by atoms with Gasteiger partial charge in [-0.25, -0.2) is 9.78 Å². The normalized spacial score (nSPS) is 10.5. The molecule has 5 nitrogen and oxygen atoms in total. The van der Waals surface area contributed by atoms with Gasteiger partial charge in [-0.05, 0) is 31.2 Å². The summed E-state index contributed by atoms with van der Waals surface area (Å²) in [5, 5.41) is 0. The number of hydrogen-bond donors (Lipinski definition) is 0. The van der Waals surface area contributed by atoms with Gasteiger partial charge in [0.05, 0.1) is 12.9 Å². The number of hydrogen-bond acceptors (Lipinski definition) is 5. The van der Waals surface area contributed by atoms with E-state index in [9.17, 15) is 4.79 Å². The van der Waals surface area contributed by atoms with Crippen molar-refractivity contribution >= 4 is 5.97 Å². The summed E-state index contributed by atoms with van der Waals surface area (Å²) in [4.78, 5) is 15.7. The van der Waals surface area contributed by atoms with E-state index in [1.807, 2.05) is 36.4 Å². The molecule has 3 rings (SSSR count). The van der Waals surface area contributed by atoms with Crippen molar-refractivity contribution in [3.63, 3.8) is 0 Å². The maximum atomic E-state index is 11.5. The van der Waals surface area contributed by atoms with Crippen molar-refractivity contribution < 1.29 is 18.4 Å². The molecule has 1 aromatic carbocycles. The van der Waals surface area contributed by atoms with Crippen LogP contribution in [0.15, 0.2) is 57.8 Å². The predicted octanol–water partition coefficient (Wildman–Crippen LogP) is 3.78. The van der Waals surface area contributed by atoms with Crippen LogP contribution in [0.5, 0.6) is 0 Å². The van der Waals surface area contributed by atoms with Gasteiger partial charge in [0.25, 0.3) is 0 Å². The molecule has 0 aliphatic heterocycles.